The van der Waals surface area contributed by atoms with Crippen molar-refractivity contribution in [1.82, 2.24) is 4.98 Å². The van der Waals surface area contributed by atoms with Gasteiger partial charge in [0.15, 0.2) is 0 Å². The number of hydrogen-bond acceptors (Lipinski definition) is 2. The quantitative estimate of drug-likeness (QED) is 0.497. The van der Waals surface area contributed by atoms with Crippen molar-refractivity contribution in [2.24, 2.45) is 0 Å². The number of carbonyl (C=O) groups excluding carboxylic acids is 2. The highest BCUT2D eigenvalue weighted by Gasteiger charge is 2.22. The van der Waals surface area contributed by atoms with Gasteiger partial charge in [-0.05, 0) is 54.2 Å². The van der Waals surface area contributed by atoms with Crippen molar-refractivity contribution in [2.75, 3.05) is 0 Å². The van der Waals surface area contributed by atoms with E-state index in [1.54, 1.807) is 6.20 Å². The molecule has 2 aromatic carbocycles. The summed E-state index contributed by atoms with van der Waals surface area (Å²) in [6.45, 7) is 8.11. The molecule has 4 rings (SSSR count). The number of allylic oxidation sites excluding steroid dienone is 2. The minimum atomic E-state index is -0.424. The Morgan fingerprint density at radius 3 is 2.59 bits per heavy atom. The molecule has 0 saturated carbocycles. The van der Waals surface area contributed by atoms with Gasteiger partial charge in [-0.2, -0.15) is 0 Å². The van der Waals surface area contributed by atoms with Crippen LogP contribution in [-0.2, 0) is 17.6 Å². The Morgan fingerprint density at radius 2 is 1.81 bits per heavy atom. The molecule has 3 nitrogen and oxygen atoms in total. The van der Waals surface area contributed by atoms with Gasteiger partial charge < -0.3 is 4.98 Å². The number of carbonyl (C=O) groups is 2. The molecule has 0 aliphatic heterocycles. The number of H-pyrrole nitrogens is 1. The standard InChI is InChI=1S/C22H19NO2.C2H6/c1-13-7-8-15-10-16(14(2)9-18(13)15)11-21(24)22(25)19-12-23-20-6-4-3-5-17(19)20;1-2/h3-7,9-10,12,23H,8,11H2,1-2H3;1-2H3. The molecule has 1 heterocycles. The number of Topliss-reactive ketones (excluding diaryl/α,β-unsaturated/α-hetero) is 2. The second-order valence-corrected chi connectivity index (χ2v) is 6.70. The van der Waals surface area contributed by atoms with E-state index in [0.29, 0.717) is 5.56 Å². The van der Waals surface area contributed by atoms with E-state index in [9.17, 15) is 9.59 Å². The van der Waals surface area contributed by atoms with Crippen LogP contribution in [0.3, 0.4) is 0 Å². The lowest BCUT2D eigenvalue weighted by Gasteiger charge is -2.10. The monoisotopic (exact) mass is 359 g/mol. The summed E-state index contributed by atoms with van der Waals surface area (Å²) in [7, 11) is 0. The van der Waals surface area contributed by atoms with Gasteiger partial charge in [0.05, 0.1) is 5.56 Å². The number of ketones is 2. The molecule has 0 unspecified atom stereocenters. The second-order valence-electron chi connectivity index (χ2n) is 6.70. The SMILES string of the molecule is CC.CC1=CCc2cc(CC(=O)C(=O)c3c[nH]c4ccccc34)c(C)cc21. The highest BCUT2D eigenvalue weighted by molar-refractivity contribution is 6.46. The normalized spacial score (nSPS) is 12.2. The molecule has 1 aliphatic rings. The largest absolute Gasteiger partial charge is 0.360 e. The van der Waals surface area contributed by atoms with Gasteiger partial charge in [0.2, 0.25) is 11.6 Å². The van der Waals surface area contributed by atoms with Crippen LogP contribution in [0.15, 0.2) is 48.7 Å². The maximum atomic E-state index is 12.6. The Kier molecular flexibility index (Phi) is 5.41. The first kappa shape index (κ1) is 18.8. The van der Waals surface area contributed by atoms with Gasteiger partial charge in [-0.25, -0.2) is 0 Å². The van der Waals surface area contributed by atoms with E-state index >= 15 is 0 Å². The zero-order valence-electron chi connectivity index (χ0n) is 16.3. The maximum Gasteiger partial charge on any atom is 0.231 e. The lowest BCUT2D eigenvalue weighted by molar-refractivity contribution is -0.114. The van der Waals surface area contributed by atoms with E-state index in [4.69, 9.17) is 0 Å². The fourth-order valence-corrected chi connectivity index (χ4v) is 3.57. The summed E-state index contributed by atoms with van der Waals surface area (Å²) < 4.78 is 0. The molecular formula is C24H25NO2. The van der Waals surface area contributed by atoms with Crippen molar-refractivity contribution in [3.8, 4) is 0 Å². The molecule has 0 bridgehead atoms. The zero-order chi connectivity index (χ0) is 19.6. The number of hydrogen-bond donors (Lipinski definition) is 1. The predicted molar refractivity (Wildman–Crippen MR) is 111 cm³/mol. The van der Waals surface area contributed by atoms with Gasteiger partial charge in [0.1, 0.15) is 0 Å². The molecule has 0 spiro atoms. The molecule has 1 aliphatic carbocycles. The van der Waals surface area contributed by atoms with E-state index in [1.807, 2.05) is 45.0 Å². The molecule has 3 heteroatoms. The Balaban J connectivity index is 0.00000102. The minimum absolute atomic E-state index is 0.149. The first-order valence-electron chi connectivity index (χ1n) is 9.48. The summed E-state index contributed by atoms with van der Waals surface area (Å²) in [5.74, 6) is -0.790. The van der Waals surface area contributed by atoms with Crippen LogP contribution in [0.1, 0.15) is 53.4 Å². The molecule has 0 saturated heterocycles. The molecule has 0 radical (unpaired) electrons. The predicted octanol–water partition coefficient (Wildman–Crippen LogP) is 5.46. The van der Waals surface area contributed by atoms with Crippen molar-refractivity contribution in [3.05, 3.63) is 76.5 Å². The maximum absolute atomic E-state index is 12.6. The third kappa shape index (κ3) is 3.50. The average Bonchev–Trinajstić information content (AvgIpc) is 3.27. The van der Waals surface area contributed by atoms with E-state index in [1.165, 1.54) is 16.7 Å². The van der Waals surface area contributed by atoms with Gasteiger partial charge in [0.25, 0.3) is 0 Å². The van der Waals surface area contributed by atoms with Gasteiger partial charge in [-0.3, -0.25) is 9.59 Å². The zero-order valence-corrected chi connectivity index (χ0v) is 16.3. The molecule has 138 valence electrons. The van der Waals surface area contributed by atoms with Crippen LogP contribution >= 0.6 is 0 Å². The molecular weight excluding hydrogens is 334 g/mol. The van der Waals surface area contributed by atoms with Crippen LogP contribution in [0.25, 0.3) is 16.5 Å². The minimum Gasteiger partial charge on any atom is -0.360 e. The molecule has 3 aromatic rings. The van der Waals surface area contributed by atoms with Crippen LogP contribution in [0, 0.1) is 6.92 Å². The van der Waals surface area contributed by atoms with Crippen molar-refractivity contribution in [3.63, 3.8) is 0 Å². The summed E-state index contributed by atoms with van der Waals surface area (Å²) in [5.41, 5.74) is 7.12. The summed E-state index contributed by atoms with van der Waals surface area (Å²) in [4.78, 5) is 28.3. The molecule has 1 aromatic heterocycles. The van der Waals surface area contributed by atoms with Gasteiger partial charge in [-0.1, -0.05) is 50.3 Å². The Hall–Kier alpha value is -2.94. The Bertz CT molecular complexity index is 1050. The van der Waals surface area contributed by atoms with Crippen LogP contribution in [0.4, 0.5) is 0 Å². The average molecular weight is 359 g/mol. The van der Waals surface area contributed by atoms with Gasteiger partial charge in [-0.15, -0.1) is 0 Å². The fraction of sp³-hybridized carbons (Fsp3) is 0.250. The van der Waals surface area contributed by atoms with Crippen molar-refractivity contribution in [1.29, 1.82) is 0 Å². The number of aryl methyl sites for hydroxylation is 1. The van der Waals surface area contributed by atoms with Crippen LogP contribution in [0.5, 0.6) is 0 Å². The highest BCUT2D eigenvalue weighted by atomic mass is 16.2. The topological polar surface area (TPSA) is 49.9 Å². The third-order valence-corrected chi connectivity index (χ3v) is 5.05. The molecule has 0 fully saturated rings. The van der Waals surface area contributed by atoms with E-state index in [-0.39, 0.29) is 12.2 Å². The van der Waals surface area contributed by atoms with E-state index in [0.717, 1.165) is 28.5 Å². The molecule has 0 amide bonds. The summed E-state index contributed by atoms with van der Waals surface area (Å²) in [5, 5.41) is 0.798. The van der Waals surface area contributed by atoms with Crippen LogP contribution < -0.4 is 0 Å². The number of benzene rings is 2. The van der Waals surface area contributed by atoms with Gasteiger partial charge >= 0.3 is 0 Å². The number of rotatable bonds is 4. The van der Waals surface area contributed by atoms with Crippen molar-refractivity contribution in [2.45, 2.75) is 40.5 Å². The molecule has 27 heavy (non-hydrogen) atoms. The first-order valence-corrected chi connectivity index (χ1v) is 9.48. The van der Waals surface area contributed by atoms with Crippen molar-refractivity contribution < 1.29 is 9.59 Å². The first-order chi connectivity index (χ1) is 13.0. The van der Waals surface area contributed by atoms with Gasteiger partial charge in [0, 0.05) is 23.5 Å². The summed E-state index contributed by atoms with van der Waals surface area (Å²) in [6, 6.07) is 11.7. The number of aromatic nitrogens is 1. The highest BCUT2D eigenvalue weighted by Crippen LogP contribution is 2.30. The van der Waals surface area contributed by atoms with Crippen LogP contribution in [0.2, 0.25) is 0 Å². The number of fused-ring (bicyclic) bond motifs is 2. The van der Waals surface area contributed by atoms with Crippen LogP contribution in [-0.4, -0.2) is 16.6 Å². The Labute approximate surface area is 160 Å². The number of para-hydroxylation sites is 1. The summed E-state index contributed by atoms with van der Waals surface area (Å²) in [6.07, 6.45) is 4.88. The fourth-order valence-electron chi connectivity index (χ4n) is 3.57. The lowest BCUT2D eigenvalue weighted by atomic mass is 9.94. The molecule has 1 N–H and O–H groups in total. The van der Waals surface area contributed by atoms with E-state index in [2.05, 4.69) is 30.1 Å². The third-order valence-electron chi connectivity index (χ3n) is 5.05. The van der Waals surface area contributed by atoms with Crippen molar-refractivity contribution >= 4 is 28.0 Å². The Morgan fingerprint density at radius 1 is 1.07 bits per heavy atom. The lowest BCUT2D eigenvalue weighted by Crippen LogP contribution is -2.17. The van der Waals surface area contributed by atoms with E-state index < -0.39 is 5.78 Å². The summed E-state index contributed by atoms with van der Waals surface area (Å²) >= 11 is 0. The molecule has 0 atom stereocenters. The number of aromatic amines is 1. The second kappa shape index (κ2) is 7.75. The smallest absolute Gasteiger partial charge is 0.231 e. The number of nitrogens with one attached hydrogen (secondary N) is 1.